The highest BCUT2D eigenvalue weighted by Crippen LogP contribution is 2.29. The number of ether oxygens (including phenoxy) is 1. The van der Waals surface area contributed by atoms with E-state index in [1.165, 1.54) is 11.3 Å². The van der Waals surface area contributed by atoms with E-state index in [9.17, 15) is 0 Å². The fourth-order valence-electron chi connectivity index (χ4n) is 2.66. The Balaban J connectivity index is 1.51. The number of benzene rings is 2. The molecule has 0 atom stereocenters. The third-order valence-corrected chi connectivity index (χ3v) is 4.94. The molecule has 5 rings (SSSR count). The van der Waals surface area contributed by atoms with Crippen molar-refractivity contribution in [1.82, 2.24) is 24.8 Å². The van der Waals surface area contributed by atoms with Crippen LogP contribution in [0.2, 0.25) is 5.02 Å². The van der Waals surface area contributed by atoms with Crippen LogP contribution < -0.4 is 4.74 Å². The van der Waals surface area contributed by atoms with Gasteiger partial charge in [0, 0.05) is 10.4 Å². The minimum Gasteiger partial charge on any atom is -0.486 e. The van der Waals surface area contributed by atoms with Crippen molar-refractivity contribution < 1.29 is 4.74 Å². The van der Waals surface area contributed by atoms with Crippen LogP contribution in [-0.4, -0.2) is 24.8 Å². The summed E-state index contributed by atoms with van der Waals surface area (Å²) >= 11 is 7.31. The molecule has 0 amide bonds. The minimum absolute atomic E-state index is 0.345. The molecular weight excluding hydrogens is 358 g/mol. The van der Waals surface area contributed by atoms with E-state index in [-0.39, 0.29) is 0 Å². The molecule has 6 nitrogen and oxygen atoms in total. The fraction of sp³-hybridized carbons (Fsp3) is 0.0588. The van der Waals surface area contributed by atoms with Gasteiger partial charge in [-0.3, -0.25) is 0 Å². The van der Waals surface area contributed by atoms with Gasteiger partial charge in [-0.15, -0.1) is 10.2 Å². The van der Waals surface area contributed by atoms with Crippen molar-refractivity contribution in [1.29, 1.82) is 0 Å². The maximum absolute atomic E-state index is 5.88. The Labute approximate surface area is 151 Å². The highest BCUT2D eigenvalue weighted by Gasteiger charge is 2.19. The molecule has 8 heteroatoms. The molecule has 122 valence electrons. The quantitative estimate of drug-likeness (QED) is 0.481. The molecule has 0 N–H and O–H groups in total. The van der Waals surface area contributed by atoms with E-state index in [0.717, 1.165) is 27.4 Å². The first kappa shape index (κ1) is 14.6. The smallest absolute Gasteiger partial charge is 0.235 e. The summed E-state index contributed by atoms with van der Waals surface area (Å²) in [4.78, 5) is 5.32. The third-order valence-electron chi connectivity index (χ3n) is 3.81. The first-order chi connectivity index (χ1) is 12.3. The molecule has 0 aliphatic carbocycles. The van der Waals surface area contributed by atoms with Gasteiger partial charge >= 0.3 is 0 Å². The third kappa shape index (κ3) is 2.48. The maximum Gasteiger partial charge on any atom is 0.235 e. The van der Waals surface area contributed by atoms with Crippen molar-refractivity contribution in [3.05, 3.63) is 58.6 Å². The van der Waals surface area contributed by atoms with Crippen molar-refractivity contribution in [3.63, 3.8) is 0 Å². The van der Waals surface area contributed by atoms with E-state index in [2.05, 4.69) is 20.3 Å². The van der Waals surface area contributed by atoms with Crippen molar-refractivity contribution in [2.75, 3.05) is 0 Å². The Morgan fingerprint density at radius 3 is 2.76 bits per heavy atom. The number of hydrogen-bond acceptors (Lipinski definition) is 6. The zero-order valence-corrected chi connectivity index (χ0v) is 14.3. The van der Waals surface area contributed by atoms with Gasteiger partial charge in [0.1, 0.15) is 18.1 Å². The Morgan fingerprint density at radius 2 is 1.88 bits per heavy atom. The zero-order valence-electron chi connectivity index (χ0n) is 12.8. The second-order valence-electron chi connectivity index (χ2n) is 5.43. The number of nitrogens with zero attached hydrogens (tertiary/aromatic N) is 5. The van der Waals surface area contributed by atoms with Gasteiger partial charge in [-0.05, 0) is 30.3 Å². The normalized spacial score (nSPS) is 11.6. The standard InChI is InChI=1S/C17H10ClN5OS/c18-10-5-7-11(8-6-10)24-9-14-22-23-16-15(20-21-17(23)25-14)12-3-1-2-4-13(12)19-16/h1-8H,9H2. The van der Waals surface area contributed by atoms with Gasteiger partial charge in [0.2, 0.25) is 4.96 Å². The molecule has 0 fully saturated rings. The summed E-state index contributed by atoms with van der Waals surface area (Å²) in [5.41, 5.74) is 1.64. The number of aromatic nitrogens is 5. The van der Waals surface area contributed by atoms with Crippen molar-refractivity contribution in [2.24, 2.45) is 0 Å². The highest BCUT2D eigenvalue weighted by atomic mass is 35.5. The summed E-state index contributed by atoms with van der Waals surface area (Å²) in [6.45, 7) is 0.345. The van der Waals surface area contributed by atoms with Crippen molar-refractivity contribution in [2.45, 2.75) is 6.61 Å². The predicted octanol–water partition coefficient (Wildman–Crippen LogP) is 4.07. The largest absolute Gasteiger partial charge is 0.486 e. The summed E-state index contributed by atoms with van der Waals surface area (Å²) in [7, 11) is 0. The average Bonchev–Trinajstić information content (AvgIpc) is 3.22. The average molecular weight is 368 g/mol. The number of halogens is 1. The zero-order chi connectivity index (χ0) is 16.8. The number of fused-ring (bicyclic) bond motifs is 5. The Kier molecular flexibility index (Phi) is 3.29. The summed E-state index contributed by atoms with van der Waals surface area (Å²) in [6.07, 6.45) is 0. The molecule has 3 heterocycles. The van der Waals surface area contributed by atoms with Gasteiger partial charge in [0.25, 0.3) is 0 Å². The summed E-state index contributed by atoms with van der Waals surface area (Å²) in [5, 5.41) is 15.6. The van der Waals surface area contributed by atoms with E-state index in [0.29, 0.717) is 22.4 Å². The van der Waals surface area contributed by atoms with Gasteiger partial charge < -0.3 is 4.74 Å². The van der Waals surface area contributed by atoms with Crippen LogP contribution >= 0.6 is 22.9 Å². The molecule has 0 unspecified atom stereocenters. The van der Waals surface area contributed by atoms with E-state index in [4.69, 9.17) is 16.3 Å². The highest BCUT2D eigenvalue weighted by molar-refractivity contribution is 7.16. The lowest BCUT2D eigenvalue weighted by Crippen LogP contribution is -2.01. The van der Waals surface area contributed by atoms with Crippen LogP contribution in [0.4, 0.5) is 0 Å². The second kappa shape index (κ2) is 5.65. The van der Waals surface area contributed by atoms with E-state index in [1.807, 2.05) is 36.4 Å². The van der Waals surface area contributed by atoms with E-state index < -0.39 is 0 Å². The van der Waals surface area contributed by atoms with Crippen LogP contribution in [0.15, 0.2) is 48.5 Å². The topological polar surface area (TPSA) is 65.2 Å². The van der Waals surface area contributed by atoms with E-state index in [1.54, 1.807) is 16.6 Å². The lowest BCUT2D eigenvalue weighted by atomic mass is 10.2. The van der Waals surface area contributed by atoms with Crippen LogP contribution in [0.1, 0.15) is 5.01 Å². The van der Waals surface area contributed by atoms with Crippen LogP contribution in [0.5, 0.6) is 5.75 Å². The molecular formula is C17H10ClN5OS. The summed E-state index contributed by atoms with van der Waals surface area (Å²) < 4.78 is 7.48. The Morgan fingerprint density at radius 1 is 1.04 bits per heavy atom. The number of hydrogen-bond donors (Lipinski definition) is 0. The van der Waals surface area contributed by atoms with Crippen molar-refractivity contribution in [3.8, 4) is 17.3 Å². The lowest BCUT2D eigenvalue weighted by Gasteiger charge is -2.02. The number of rotatable bonds is 3. The van der Waals surface area contributed by atoms with Crippen LogP contribution in [0.25, 0.3) is 27.4 Å². The molecule has 2 aliphatic heterocycles. The van der Waals surface area contributed by atoms with Gasteiger partial charge in [-0.2, -0.15) is 9.61 Å². The molecule has 0 saturated carbocycles. The predicted molar refractivity (Wildman–Crippen MR) is 96.4 cm³/mol. The lowest BCUT2D eigenvalue weighted by molar-refractivity contribution is 0.304. The molecule has 0 radical (unpaired) electrons. The first-order valence-corrected chi connectivity index (χ1v) is 8.75. The fourth-order valence-corrected chi connectivity index (χ4v) is 3.53. The molecule has 2 aromatic carbocycles. The van der Waals surface area contributed by atoms with E-state index >= 15 is 0 Å². The van der Waals surface area contributed by atoms with Gasteiger partial charge in [-0.1, -0.05) is 41.1 Å². The van der Waals surface area contributed by atoms with Gasteiger partial charge in [0.15, 0.2) is 10.8 Å². The minimum atomic E-state index is 0.345. The number of para-hydroxylation sites is 1. The summed E-state index contributed by atoms with van der Waals surface area (Å²) in [5.74, 6) is 1.45. The summed E-state index contributed by atoms with van der Waals surface area (Å²) in [6, 6.07) is 15.1. The van der Waals surface area contributed by atoms with Crippen molar-refractivity contribution >= 4 is 38.8 Å². The van der Waals surface area contributed by atoms with Gasteiger partial charge in [0.05, 0.1) is 5.52 Å². The molecule has 0 bridgehead atoms. The first-order valence-electron chi connectivity index (χ1n) is 7.56. The molecule has 0 saturated heterocycles. The Hall–Kier alpha value is -2.77. The van der Waals surface area contributed by atoms with Crippen LogP contribution in [-0.2, 0) is 6.61 Å². The maximum atomic E-state index is 5.88. The molecule has 0 spiro atoms. The molecule has 3 aromatic rings. The van der Waals surface area contributed by atoms with Gasteiger partial charge in [-0.25, -0.2) is 4.98 Å². The Bertz CT molecular complexity index is 1170. The molecule has 1 aromatic heterocycles. The second-order valence-corrected chi connectivity index (χ2v) is 6.91. The monoisotopic (exact) mass is 367 g/mol. The van der Waals surface area contributed by atoms with Crippen LogP contribution in [0, 0.1) is 0 Å². The molecule has 25 heavy (non-hydrogen) atoms. The molecule has 2 aliphatic rings. The van der Waals surface area contributed by atoms with Crippen LogP contribution in [0.3, 0.4) is 0 Å². The SMILES string of the molecule is Clc1ccc(OCc2nn3c4nc5ccccc5c-4nnc3s2)cc1.